The van der Waals surface area contributed by atoms with Crippen LogP contribution in [0.5, 0.6) is 5.75 Å². The fourth-order valence-electron chi connectivity index (χ4n) is 5.23. The van der Waals surface area contributed by atoms with E-state index in [0.29, 0.717) is 12.3 Å². The van der Waals surface area contributed by atoms with Gasteiger partial charge in [0.25, 0.3) is 0 Å². The smallest absolute Gasteiger partial charge is 0.428 e. The first-order valence-electron chi connectivity index (χ1n) is 14.8. The molecule has 0 fully saturated rings. The van der Waals surface area contributed by atoms with Gasteiger partial charge in [0, 0.05) is 36.5 Å². The molecule has 0 aliphatic carbocycles. The number of carbonyl (C=O) groups excluding carboxylic acids is 1. The summed E-state index contributed by atoms with van der Waals surface area (Å²) in [6.45, 7) is 8.35. The molecular weight excluding hydrogens is 536 g/mol. The molecule has 7 nitrogen and oxygen atoms in total. The Hall–Kier alpha value is -4.91. The number of fused-ring (bicyclic) bond motifs is 2. The van der Waals surface area contributed by atoms with E-state index in [1.807, 2.05) is 67.8 Å². The minimum Gasteiger partial charge on any atom is -0.428 e. The molecule has 0 saturated carbocycles. The molecule has 0 aliphatic rings. The summed E-state index contributed by atoms with van der Waals surface area (Å²) < 4.78 is 15.3. The van der Waals surface area contributed by atoms with Gasteiger partial charge in [-0.25, -0.2) is 14.8 Å². The number of carbonyl (C=O) groups is 1. The normalized spacial score (nSPS) is 11.7. The molecule has 3 aromatic heterocycles. The highest BCUT2D eigenvalue weighted by Crippen LogP contribution is 2.32. The molecule has 0 aliphatic heterocycles. The molecule has 0 spiro atoms. The number of benzene rings is 3. The number of nitrogens with zero attached hydrogens (tertiary/aromatic N) is 4. The van der Waals surface area contributed by atoms with Crippen LogP contribution >= 0.6 is 0 Å². The number of imidazole rings is 2. The van der Waals surface area contributed by atoms with Gasteiger partial charge in [0.15, 0.2) is 0 Å². The van der Waals surface area contributed by atoms with Gasteiger partial charge in [-0.3, -0.25) is 0 Å². The van der Waals surface area contributed by atoms with Crippen LogP contribution < -0.4 is 4.74 Å². The molecule has 0 atom stereocenters. The third kappa shape index (κ3) is 6.31. The predicted octanol–water partition coefficient (Wildman–Crippen LogP) is 8.72. The molecule has 7 heteroatoms. The van der Waals surface area contributed by atoms with Crippen LogP contribution in [0.1, 0.15) is 51.9 Å². The number of unbranched alkanes of at least 4 members (excludes halogenated alkanes) is 1. The Balaban J connectivity index is 1.30. The quantitative estimate of drug-likeness (QED) is 0.135. The van der Waals surface area contributed by atoms with Gasteiger partial charge in [-0.05, 0) is 68.7 Å². The van der Waals surface area contributed by atoms with E-state index in [1.54, 1.807) is 6.07 Å². The maximum Gasteiger partial charge on any atom is 0.514 e. The van der Waals surface area contributed by atoms with Crippen molar-refractivity contribution >= 4 is 22.8 Å². The molecule has 0 saturated heterocycles. The summed E-state index contributed by atoms with van der Waals surface area (Å²) in [4.78, 5) is 22.2. The lowest BCUT2D eigenvalue weighted by Gasteiger charge is -2.19. The number of aromatic nitrogens is 4. The van der Waals surface area contributed by atoms with Crippen molar-refractivity contribution in [1.82, 2.24) is 18.9 Å². The SMILES string of the molecule is CCCCc1nc2ccc(-c3cn4ccccc4n3)cc2n1Cc1ccc(-c2ccccc2OC(=O)OC(C)(C)C)cc1. The van der Waals surface area contributed by atoms with Crippen molar-refractivity contribution in [2.24, 2.45) is 0 Å². The zero-order valence-electron chi connectivity index (χ0n) is 25.1. The molecule has 0 bridgehead atoms. The van der Waals surface area contributed by atoms with Crippen LogP contribution in [0.2, 0.25) is 0 Å². The van der Waals surface area contributed by atoms with Crippen LogP contribution in [0.15, 0.2) is 97.3 Å². The van der Waals surface area contributed by atoms with Crippen molar-refractivity contribution in [1.29, 1.82) is 0 Å². The van der Waals surface area contributed by atoms with Crippen molar-refractivity contribution in [3.05, 3.63) is 109 Å². The van der Waals surface area contributed by atoms with E-state index in [-0.39, 0.29) is 0 Å². The van der Waals surface area contributed by atoms with Gasteiger partial charge in [0.05, 0.1) is 16.7 Å². The summed E-state index contributed by atoms with van der Waals surface area (Å²) in [5, 5.41) is 0. The summed E-state index contributed by atoms with van der Waals surface area (Å²) >= 11 is 0. The highest BCUT2D eigenvalue weighted by molar-refractivity contribution is 5.82. The Kier molecular flexibility index (Phi) is 7.72. The van der Waals surface area contributed by atoms with Crippen LogP contribution in [-0.2, 0) is 17.7 Å². The summed E-state index contributed by atoms with van der Waals surface area (Å²) in [6.07, 6.45) is 6.47. The lowest BCUT2D eigenvalue weighted by molar-refractivity contribution is 0.0207. The van der Waals surface area contributed by atoms with Crippen LogP contribution in [-0.4, -0.2) is 30.7 Å². The number of rotatable bonds is 8. The Morgan fingerprint density at radius 1 is 0.884 bits per heavy atom. The van der Waals surface area contributed by atoms with E-state index in [0.717, 1.165) is 69.7 Å². The van der Waals surface area contributed by atoms with E-state index in [2.05, 4.69) is 60.2 Å². The maximum atomic E-state index is 12.4. The fraction of sp³-hybridized carbons (Fsp3) is 0.250. The maximum absolute atomic E-state index is 12.4. The number of hydrogen-bond donors (Lipinski definition) is 0. The van der Waals surface area contributed by atoms with Gasteiger partial charge in [-0.2, -0.15) is 0 Å². The van der Waals surface area contributed by atoms with Gasteiger partial charge in [-0.15, -0.1) is 0 Å². The first-order valence-corrected chi connectivity index (χ1v) is 14.8. The minimum absolute atomic E-state index is 0.464. The summed E-state index contributed by atoms with van der Waals surface area (Å²) in [6, 6.07) is 28.3. The second-order valence-corrected chi connectivity index (χ2v) is 11.8. The van der Waals surface area contributed by atoms with Crippen molar-refractivity contribution in [2.45, 2.75) is 59.1 Å². The summed E-state index contributed by atoms with van der Waals surface area (Å²) in [5.74, 6) is 1.55. The zero-order chi connectivity index (χ0) is 30.0. The van der Waals surface area contributed by atoms with Crippen molar-refractivity contribution in [3.8, 4) is 28.1 Å². The second kappa shape index (κ2) is 11.8. The number of aryl methyl sites for hydroxylation is 1. The monoisotopic (exact) mass is 572 g/mol. The molecule has 43 heavy (non-hydrogen) atoms. The molecule has 0 radical (unpaired) electrons. The van der Waals surface area contributed by atoms with E-state index in [9.17, 15) is 4.79 Å². The topological polar surface area (TPSA) is 70.7 Å². The van der Waals surface area contributed by atoms with Crippen molar-refractivity contribution < 1.29 is 14.3 Å². The Morgan fingerprint density at radius 2 is 1.65 bits per heavy atom. The molecule has 3 aromatic carbocycles. The molecule has 3 heterocycles. The summed E-state index contributed by atoms with van der Waals surface area (Å²) in [5.41, 5.74) is 7.33. The number of ether oxygens (including phenoxy) is 2. The van der Waals surface area contributed by atoms with Gasteiger partial charge in [-0.1, -0.05) is 67.9 Å². The standard InChI is InChI=1S/C36H36N4O3/c1-5-6-13-34-37-29-20-19-27(30-24-39-21-10-9-14-33(39)38-30)22-31(29)40(34)23-25-15-17-26(18-16-25)28-11-7-8-12-32(28)42-35(41)43-36(2,3)4/h7-12,14-22,24H,5-6,13,23H2,1-4H3. The lowest BCUT2D eigenvalue weighted by Crippen LogP contribution is -2.26. The highest BCUT2D eigenvalue weighted by Gasteiger charge is 2.20. The average Bonchev–Trinajstić information content (AvgIpc) is 3.57. The van der Waals surface area contributed by atoms with Crippen LogP contribution in [0.25, 0.3) is 39.1 Å². The van der Waals surface area contributed by atoms with Gasteiger partial charge >= 0.3 is 6.16 Å². The Morgan fingerprint density at radius 3 is 2.42 bits per heavy atom. The third-order valence-electron chi connectivity index (χ3n) is 7.32. The van der Waals surface area contributed by atoms with Gasteiger partial charge < -0.3 is 18.4 Å². The van der Waals surface area contributed by atoms with E-state index >= 15 is 0 Å². The Labute approximate surface area is 251 Å². The van der Waals surface area contributed by atoms with Gasteiger partial charge in [0.1, 0.15) is 22.8 Å². The molecule has 6 rings (SSSR count). The van der Waals surface area contributed by atoms with E-state index in [4.69, 9.17) is 19.4 Å². The largest absolute Gasteiger partial charge is 0.514 e. The minimum atomic E-state index is -0.717. The first kappa shape index (κ1) is 28.2. The molecule has 0 unspecified atom stereocenters. The number of pyridine rings is 1. The molecular formula is C36H36N4O3. The average molecular weight is 573 g/mol. The van der Waals surface area contributed by atoms with E-state index < -0.39 is 11.8 Å². The molecule has 6 aromatic rings. The molecule has 0 N–H and O–H groups in total. The van der Waals surface area contributed by atoms with Crippen LogP contribution in [0.3, 0.4) is 0 Å². The van der Waals surface area contributed by atoms with Gasteiger partial charge in [0.2, 0.25) is 0 Å². The second-order valence-electron chi connectivity index (χ2n) is 11.8. The number of hydrogen-bond acceptors (Lipinski definition) is 5. The van der Waals surface area contributed by atoms with Crippen molar-refractivity contribution in [3.63, 3.8) is 0 Å². The summed E-state index contributed by atoms with van der Waals surface area (Å²) in [7, 11) is 0. The van der Waals surface area contributed by atoms with Crippen molar-refractivity contribution in [2.75, 3.05) is 0 Å². The third-order valence-corrected chi connectivity index (χ3v) is 7.32. The fourth-order valence-corrected chi connectivity index (χ4v) is 5.23. The van der Waals surface area contributed by atoms with E-state index in [1.165, 1.54) is 0 Å². The zero-order valence-corrected chi connectivity index (χ0v) is 25.1. The van der Waals surface area contributed by atoms with Crippen LogP contribution in [0.4, 0.5) is 4.79 Å². The predicted molar refractivity (Wildman–Crippen MR) is 170 cm³/mol. The number of para-hydroxylation sites is 1. The molecule has 0 amide bonds. The first-order chi connectivity index (χ1) is 20.8. The highest BCUT2D eigenvalue weighted by atomic mass is 16.7. The Bertz CT molecular complexity index is 1860. The molecule has 218 valence electrons. The van der Waals surface area contributed by atoms with Crippen LogP contribution in [0, 0.1) is 0 Å². The lowest BCUT2D eigenvalue weighted by atomic mass is 10.0.